The third kappa shape index (κ3) is 5.35. The van der Waals surface area contributed by atoms with Gasteiger partial charge in [-0.1, -0.05) is 30.6 Å². The second-order valence-electron chi connectivity index (χ2n) is 5.18. The van der Waals surface area contributed by atoms with Gasteiger partial charge in [0.1, 0.15) is 0 Å². The summed E-state index contributed by atoms with van der Waals surface area (Å²) < 4.78 is 2.24. The van der Waals surface area contributed by atoms with E-state index in [-0.39, 0.29) is 0 Å². The molecule has 0 fully saturated rings. The van der Waals surface area contributed by atoms with Crippen LogP contribution < -0.4 is 0 Å². The first-order valence-corrected chi connectivity index (χ1v) is 6.94. The molecule has 0 saturated heterocycles. The number of aryl methyl sites for hydroxylation is 1. The average molecular weight is 246 g/mol. The number of imidazole rings is 1. The largest absolute Gasteiger partial charge is 0.331 e. The van der Waals surface area contributed by atoms with Crippen molar-refractivity contribution >= 4 is 6.08 Å². The van der Waals surface area contributed by atoms with Gasteiger partial charge >= 0.3 is 0 Å². The second-order valence-corrected chi connectivity index (χ2v) is 5.18. The van der Waals surface area contributed by atoms with Crippen molar-refractivity contribution in [2.45, 2.75) is 59.9 Å². The molecule has 2 heteroatoms. The van der Waals surface area contributed by atoms with Gasteiger partial charge in [0.25, 0.3) is 0 Å². The van der Waals surface area contributed by atoms with Crippen LogP contribution in [0.15, 0.2) is 29.7 Å². The van der Waals surface area contributed by atoms with Gasteiger partial charge in [0.15, 0.2) is 0 Å². The van der Waals surface area contributed by atoms with E-state index in [1.807, 2.05) is 12.5 Å². The van der Waals surface area contributed by atoms with Crippen LogP contribution in [0.3, 0.4) is 0 Å². The molecule has 1 heterocycles. The van der Waals surface area contributed by atoms with Crippen molar-refractivity contribution in [1.82, 2.24) is 9.55 Å². The minimum absolute atomic E-state index is 1.07. The number of aromatic nitrogens is 2. The first-order valence-electron chi connectivity index (χ1n) is 6.94. The highest BCUT2D eigenvalue weighted by Gasteiger charge is 1.99. The minimum atomic E-state index is 1.07. The Morgan fingerprint density at radius 3 is 2.78 bits per heavy atom. The van der Waals surface area contributed by atoms with Gasteiger partial charge in [0.2, 0.25) is 0 Å². The van der Waals surface area contributed by atoms with Crippen molar-refractivity contribution < 1.29 is 0 Å². The normalized spacial score (nSPS) is 11.7. The highest BCUT2D eigenvalue weighted by Crippen LogP contribution is 2.12. The highest BCUT2D eigenvalue weighted by molar-refractivity contribution is 5.47. The van der Waals surface area contributed by atoms with E-state index in [9.17, 15) is 0 Å². The number of hydrogen-bond donors (Lipinski definition) is 0. The summed E-state index contributed by atoms with van der Waals surface area (Å²) in [6.45, 7) is 9.80. The van der Waals surface area contributed by atoms with Crippen LogP contribution in [0.5, 0.6) is 0 Å². The SMILES string of the molecule is CCCCn1cncc1C=C(C)CCC=C(C)C. The van der Waals surface area contributed by atoms with Crippen molar-refractivity contribution in [3.8, 4) is 0 Å². The molecule has 0 aliphatic carbocycles. The highest BCUT2D eigenvalue weighted by atomic mass is 15.0. The van der Waals surface area contributed by atoms with Crippen LogP contribution in [0.1, 0.15) is 59.1 Å². The molecule has 1 aromatic rings. The van der Waals surface area contributed by atoms with E-state index < -0.39 is 0 Å². The predicted octanol–water partition coefficient (Wildman–Crippen LogP) is 4.83. The van der Waals surface area contributed by atoms with Crippen LogP contribution in [0.2, 0.25) is 0 Å². The fourth-order valence-electron chi connectivity index (χ4n) is 1.88. The standard InChI is InChI=1S/C16H26N2/c1-5-6-10-18-13-17-12-16(18)11-15(4)9-7-8-14(2)3/h8,11-13H,5-7,9-10H2,1-4H3. The number of allylic oxidation sites excluding steroid dienone is 3. The maximum absolute atomic E-state index is 4.24. The molecule has 100 valence electrons. The van der Waals surface area contributed by atoms with E-state index in [2.05, 4.69) is 49.4 Å². The Labute approximate surface area is 111 Å². The van der Waals surface area contributed by atoms with Crippen molar-refractivity contribution in [2.24, 2.45) is 0 Å². The molecule has 18 heavy (non-hydrogen) atoms. The number of nitrogens with zero attached hydrogens (tertiary/aromatic N) is 2. The fourth-order valence-corrected chi connectivity index (χ4v) is 1.88. The summed E-state index contributed by atoms with van der Waals surface area (Å²) in [5, 5.41) is 0. The molecule has 1 aromatic heterocycles. The Morgan fingerprint density at radius 1 is 1.33 bits per heavy atom. The molecule has 0 spiro atoms. The molecule has 2 nitrogen and oxygen atoms in total. The molecule has 0 aromatic carbocycles. The van der Waals surface area contributed by atoms with Gasteiger partial charge in [-0.05, 0) is 46.1 Å². The topological polar surface area (TPSA) is 17.8 Å². The lowest BCUT2D eigenvalue weighted by molar-refractivity contribution is 0.627. The van der Waals surface area contributed by atoms with Crippen molar-refractivity contribution in [3.63, 3.8) is 0 Å². The molecular weight excluding hydrogens is 220 g/mol. The molecule has 0 radical (unpaired) electrons. The third-order valence-electron chi connectivity index (χ3n) is 2.98. The molecular formula is C16H26N2. The van der Waals surface area contributed by atoms with Gasteiger partial charge in [0.05, 0.1) is 18.2 Å². The Morgan fingerprint density at radius 2 is 2.11 bits per heavy atom. The molecule has 1 rings (SSSR count). The van der Waals surface area contributed by atoms with Gasteiger partial charge in [0, 0.05) is 6.54 Å². The van der Waals surface area contributed by atoms with E-state index in [0.717, 1.165) is 19.4 Å². The summed E-state index contributed by atoms with van der Waals surface area (Å²) in [7, 11) is 0. The molecule has 0 unspecified atom stereocenters. The summed E-state index contributed by atoms with van der Waals surface area (Å²) in [6, 6.07) is 0. The summed E-state index contributed by atoms with van der Waals surface area (Å²) in [4.78, 5) is 4.24. The molecule has 0 atom stereocenters. The Kier molecular flexibility index (Phi) is 6.48. The van der Waals surface area contributed by atoms with Gasteiger partial charge in [-0.3, -0.25) is 0 Å². The first-order chi connectivity index (χ1) is 8.63. The second kappa shape index (κ2) is 7.91. The van der Waals surface area contributed by atoms with E-state index in [4.69, 9.17) is 0 Å². The molecule has 0 aliphatic rings. The van der Waals surface area contributed by atoms with E-state index in [0.29, 0.717) is 0 Å². The lowest BCUT2D eigenvalue weighted by Crippen LogP contribution is -1.98. The average Bonchev–Trinajstić information content (AvgIpc) is 2.73. The van der Waals surface area contributed by atoms with Crippen LogP contribution in [0.25, 0.3) is 6.08 Å². The van der Waals surface area contributed by atoms with Crippen LogP contribution >= 0.6 is 0 Å². The van der Waals surface area contributed by atoms with Crippen LogP contribution in [-0.2, 0) is 6.54 Å². The zero-order chi connectivity index (χ0) is 13.4. The van der Waals surface area contributed by atoms with E-state index >= 15 is 0 Å². The smallest absolute Gasteiger partial charge is 0.0950 e. The Hall–Kier alpha value is -1.31. The number of unbranched alkanes of at least 4 members (excludes halogenated alkanes) is 1. The molecule has 0 amide bonds. The minimum Gasteiger partial charge on any atom is -0.331 e. The van der Waals surface area contributed by atoms with Gasteiger partial charge < -0.3 is 4.57 Å². The first kappa shape index (κ1) is 14.7. The van der Waals surface area contributed by atoms with Gasteiger partial charge in [-0.25, -0.2) is 4.98 Å². The zero-order valence-corrected chi connectivity index (χ0v) is 12.2. The molecule has 0 bridgehead atoms. The monoisotopic (exact) mass is 246 g/mol. The Balaban J connectivity index is 2.58. The van der Waals surface area contributed by atoms with Crippen LogP contribution in [-0.4, -0.2) is 9.55 Å². The predicted molar refractivity (Wildman–Crippen MR) is 79.5 cm³/mol. The third-order valence-corrected chi connectivity index (χ3v) is 2.98. The molecule has 0 N–H and O–H groups in total. The molecule has 0 saturated carbocycles. The van der Waals surface area contributed by atoms with Gasteiger partial charge in [-0.15, -0.1) is 0 Å². The zero-order valence-electron chi connectivity index (χ0n) is 12.2. The maximum atomic E-state index is 4.24. The van der Waals surface area contributed by atoms with E-state index in [1.165, 1.54) is 29.7 Å². The quantitative estimate of drug-likeness (QED) is 0.630. The lowest BCUT2D eigenvalue weighted by atomic mass is 10.1. The number of rotatable bonds is 7. The van der Waals surface area contributed by atoms with Gasteiger partial charge in [-0.2, -0.15) is 0 Å². The summed E-state index contributed by atoms with van der Waals surface area (Å²) >= 11 is 0. The van der Waals surface area contributed by atoms with Crippen molar-refractivity contribution in [3.05, 3.63) is 35.4 Å². The number of hydrogen-bond acceptors (Lipinski definition) is 1. The van der Waals surface area contributed by atoms with Crippen molar-refractivity contribution in [1.29, 1.82) is 0 Å². The summed E-state index contributed by atoms with van der Waals surface area (Å²) in [6.07, 6.45) is 13.2. The van der Waals surface area contributed by atoms with E-state index in [1.54, 1.807) is 0 Å². The molecule has 0 aliphatic heterocycles. The fraction of sp³-hybridized carbons (Fsp3) is 0.562. The Bertz CT molecular complexity index is 406. The maximum Gasteiger partial charge on any atom is 0.0950 e. The summed E-state index contributed by atoms with van der Waals surface area (Å²) in [5.74, 6) is 0. The summed E-state index contributed by atoms with van der Waals surface area (Å²) in [5.41, 5.74) is 4.06. The lowest BCUT2D eigenvalue weighted by Gasteiger charge is -2.05. The van der Waals surface area contributed by atoms with Crippen LogP contribution in [0, 0.1) is 0 Å². The van der Waals surface area contributed by atoms with Crippen molar-refractivity contribution in [2.75, 3.05) is 0 Å². The van der Waals surface area contributed by atoms with Crippen LogP contribution in [0.4, 0.5) is 0 Å².